The van der Waals surface area contributed by atoms with Gasteiger partial charge in [-0.3, -0.25) is 4.79 Å². The van der Waals surface area contributed by atoms with Crippen molar-refractivity contribution in [3.05, 3.63) is 0 Å². The molecule has 2 unspecified atom stereocenters. The van der Waals surface area contributed by atoms with Crippen LogP contribution in [-0.2, 0) is 4.79 Å². The van der Waals surface area contributed by atoms with Gasteiger partial charge in [-0.1, -0.05) is 73.1 Å². The summed E-state index contributed by atoms with van der Waals surface area (Å²) in [5.74, 6) is 6.98. The summed E-state index contributed by atoms with van der Waals surface area (Å²) in [5.41, 5.74) is 1.22. The smallest absolute Gasteiger partial charge is 0.303 e. The maximum Gasteiger partial charge on any atom is 0.303 e. The Morgan fingerprint density at radius 1 is 0.829 bits per heavy atom. The van der Waals surface area contributed by atoms with Gasteiger partial charge in [-0.25, -0.2) is 0 Å². The molecule has 0 radical (unpaired) electrons. The van der Waals surface area contributed by atoms with Crippen LogP contribution in [0.4, 0.5) is 0 Å². The fourth-order valence-corrected chi connectivity index (χ4v) is 10.5. The number of hydrogen-bond donors (Lipinski definition) is 1. The molecule has 0 aromatic heterocycles. The van der Waals surface area contributed by atoms with Crippen molar-refractivity contribution in [3.8, 4) is 0 Å². The van der Waals surface area contributed by atoms with Crippen LogP contribution in [0, 0.1) is 58.2 Å². The normalized spacial score (nSPS) is 41.8. The molecule has 0 aliphatic heterocycles. The molecule has 2 nitrogen and oxygen atoms in total. The zero-order chi connectivity index (χ0) is 25.2. The number of carboxylic acids is 1. The second-order valence-corrected chi connectivity index (χ2v) is 14.8. The van der Waals surface area contributed by atoms with Gasteiger partial charge >= 0.3 is 5.97 Å². The number of carboxylic acid groups (broad SMARTS) is 1. The second kappa shape index (κ2) is 11.5. The molecule has 35 heavy (non-hydrogen) atoms. The van der Waals surface area contributed by atoms with Gasteiger partial charge < -0.3 is 5.11 Å². The Bertz CT molecular complexity index is 699. The lowest BCUT2D eigenvalue weighted by atomic mass is 9.44. The van der Waals surface area contributed by atoms with Crippen molar-refractivity contribution >= 4 is 5.97 Å². The molecule has 0 aromatic rings. The number of rotatable bonds is 11. The van der Waals surface area contributed by atoms with E-state index < -0.39 is 5.97 Å². The van der Waals surface area contributed by atoms with Gasteiger partial charge in [-0.05, 0) is 122 Å². The third-order valence-electron chi connectivity index (χ3n) is 12.5. The topological polar surface area (TPSA) is 37.3 Å². The van der Waals surface area contributed by atoms with E-state index in [0.29, 0.717) is 17.3 Å². The van der Waals surface area contributed by atoms with Crippen molar-refractivity contribution in [2.24, 2.45) is 58.2 Å². The average Bonchev–Trinajstić information content (AvgIpc) is 3.15. The Kier molecular flexibility index (Phi) is 9.01. The van der Waals surface area contributed by atoms with Gasteiger partial charge in [0.1, 0.15) is 0 Å². The first-order valence-electron chi connectivity index (χ1n) is 15.9. The van der Waals surface area contributed by atoms with Crippen LogP contribution in [0.25, 0.3) is 0 Å². The zero-order valence-corrected chi connectivity index (χ0v) is 24.0. The maximum atomic E-state index is 10.8. The van der Waals surface area contributed by atoms with E-state index in [2.05, 4.69) is 34.6 Å². The van der Waals surface area contributed by atoms with Gasteiger partial charge in [0.25, 0.3) is 0 Å². The highest BCUT2D eigenvalue weighted by Crippen LogP contribution is 2.68. The van der Waals surface area contributed by atoms with E-state index in [0.717, 1.165) is 60.2 Å². The highest BCUT2D eigenvalue weighted by Gasteiger charge is 2.60. The van der Waals surface area contributed by atoms with Crippen molar-refractivity contribution in [3.63, 3.8) is 0 Å². The number of aliphatic carboxylic acids is 1. The lowest BCUT2D eigenvalue weighted by Gasteiger charge is -2.61. The maximum absolute atomic E-state index is 10.8. The molecule has 0 spiro atoms. The fraction of sp³-hybridized carbons (Fsp3) is 0.970. The van der Waals surface area contributed by atoms with E-state index >= 15 is 0 Å². The molecule has 4 saturated carbocycles. The van der Waals surface area contributed by atoms with Gasteiger partial charge in [-0.2, -0.15) is 0 Å². The number of fused-ring (bicyclic) bond motifs is 5. The molecule has 4 rings (SSSR count). The van der Waals surface area contributed by atoms with E-state index in [1.54, 1.807) is 0 Å². The monoisotopic (exact) mass is 486 g/mol. The van der Waals surface area contributed by atoms with Crippen LogP contribution >= 0.6 is 0 Å². The predicted octanol–water partition coefficient (Wildman–Crippen LogP) is 9.76. The second-order valence-electron chi connectivity index (χ2n) is 14.8. The van der Waals surface area contributed by atoms with Gasteiger partial charge in [0.05, 0.1) is 0 Å². The number of carbonyl (C=O) groups is 1. The van der Waals surface area contributed by atoms with Gasteiger partial charge in [-0.15, -0.1) is 0 Å². The van der Waals surface area contributed by atoms with Crippen molar-refractivity contribution < 1.29 is 9.90 Å². The molecule has 4 aliphatic rings. The third-order valence-corrected chi connectivity index (χ3v) is 12.5. The number of hydrogen-bond acceptors (Lipinski definition) is 1. The number of unbranched alkanes of at least 4 members (excludes halogenated alkanes) is 2. The summed E-state index contributed by atoms with van der Waals surface area (Å²) in [5, 5.41) is 8.88. The third kappa shape index (κ3) is 5.82. The Balaban J connectivity index is 1.32. The molecule has 2 heteroatoms. The molecule has 1 N–H and O–H groups in total. The molecule has 202 valence electrons. The summed E-state index contributed by atoms with van der Waals surface area (Å²) >= 11 is 0. The summed E-state index contributed by atoms with van der Waals surface area (Å²) in [6.45, 7) is 12.8. The Morgan fingerprint density at radius 2 is 1.57 bits per heavy atom. The van der Waals surface area contributed by atoms with Crippen molar-refractivity contribution in [1.29, 1.82) is 0 Å². The molecule has 0 amide bonds. The van der Waals surface area contributed by atoms with Crippen molar-refractivity contribution in [2.45, 2.75) is 144 Å². The molecule has 9 atom stereocenters. The summed E-state index contributed by atoms with van der Waals surface area (Å²) < 4.78 is 0. The Labute approximate surface area is 217 Å². The van der Waals surface area contributed by atoms with Gasteiger partial charge in [0, 0.05) is 6.42 Å². The van der Waals surface area contributed by atoms with Gasteiger partial charge in [0.2, 0.25) is 0 Å². The Hall–Kier alpha value is -0.530. The lowest BCUT2D eigenvalue weighted by Crippen LogP contribution is -2.53. The first-order chi connectivity index (χ1) is 16.6. The minimum atomic E-state index is -0.632. The van der Waals surface area contributed by atoms with Crippen LogP contribution in [0.3, 0.4) is 0 Å². The highest BCUT2D eigenvalue weighted by molar-refractivity contribution is 5.66. The SMILES string of the molecule is CC(C)CCCC(C)[C@H]1CC[C@H]2[C@@H]3CCC4C[C@@H](CCCCCC(=O)O)CC[C@]4(C)[C@H]3CC[C@]12C. The molecule has 0 heterocycles. The molecular formula is C33H58O2. The van der Waals surface area contributed by atoms with Crippen LogP contribution in [-0.4, -0.2) is 11.1 Å². The first-order valence-corrected chi connectivity index (χ1v) is 15.9. The van der Waals surface area contributed by atoms with Crippen LogP contribution in [0.1, 0.15) is 144 Å². The molecule has 4 aliphatic carbocycles. The molecule has 0 saturated heterocycles. The summed E-state index contributed by atoms with van der Waals surface area (Å²) in [6, 6.07) is 0. The van der Waals surface area contributed by atoms with E-state index in [1.165, 1.54) is 89.9 Å². The quantitative estimate of drug-likeness (QED) is 0.295. The van der Waals surface area contributed by atoms with Crippen LogP contribution in [0.15, 0.2) is 0 Å². The van der Waals surface area contributed by atoms with Crippen LogP contribution < -0.4 is 0 Å². The summed E-state index contributed by atoms with van der Waals surface area (Å²) in [7, 11) is 0. The minimum absolute atomic E-state index is 0.353. The highest BCUT2D eigenvalue weighted by atomic mass is 16.4. The van der Waals surface area contributed by atoms with E-state index in [1.807, 2.05) is 0 Å². The van der Waals surface area contributed by atoms with E-state index in [-0.39, 0.29) is 0 Å². The zero-order valence-electron chi connectivity index (χ0n) is 24.0. The molecular weight excluding hydrogens is 428 g/mol. The first kappa shape index (κ1) is 27.5. The summed E-state index contributed by atoms with van der Waals surface area (Å²) in [4.78, 5) is 10.8. The minimum Gasteiger partial charge on any atom is -0.481 e. The molecule has 4 fully saturated rings. The van der Waals surface area contributed by atoms with E-state index in [9.17, 15) is 4.79 Å². The van der Waals surface area contributed by atoms with Gasteiger partial charge in [0.15, 0.2) is 0 Å². The molecule has 0 bridgehead atoms. The molecule has 0 aromatic carbocycles. The average molecular weight is 487 g/mol. The van der Waals surface area contributed by atoms with Crippen molar-refractivity contribution in [2.75, 3.05) is 0 Å². The lowest BCUT2D eigenvalue weighted by molar-refractivity contribution is -0.137. The largest absolute Gasteiger partial charge is 0.481 e. The Morgan fingerprint density at radius 3 is 2.31 bits per heavy atom. The summed E-state index contributed by atoms with van der Waals surface area (Å²) in [6.07, 6.45) is 22.6. The predicted molar refractivity (Wildman–Crippen MR) is 147 cm³/mol. The standard InChI is InChI=1S/C33H58O2/c1-23(2)10-9-11-24(3)28-16-17-29-27-15-14-26-22-25(12-7-6-8-13-31(34)35)18-20-32(26,4)30(27)19-21-33(28,29)5/h23-30H,6-22H2,1-5H3,(H,34,35)/t24?,25-,26?,27-,28+,29-,30-,32-,33+/m0/s1. The van der Waals surface area contributed by atoms with E-state index in [4.69, 9.17) is 5.11 Å². The van der Waals surface area contributed by atoms with Crippen LogP contribution in [0.2, 0.25) is 0 Å². The van der Waals surface area contributed by atoms with Crippen molar-refractivity contribution in [1.82, 2.24) is 0 Å². The fourth-order valence-electron chi connectivity index (χ4n) is 10.5. The van der Waals surface area contributed by atoms with Crippen LogP contribution in [0.5, 0.6) is 0 Å².